The van der Waals surface area contributed by atoms with Gasteiger partial charge in [0.05, 0.1) is 0 Å². The van der Waals surface area contributed by atoms with Crippen LogP contribution >= 0.6 is 0 Å². The van der Waals surface area contributed by atoms with Crippen molar-refractivity contribution in [2.45, 2.75) is 20.8 Å². The second kappa shape index (κ2) is 10.3. The zero-order chi connectivity index (χ0) is 24.0. The Labute approximate surface area is 192 Å². The number of carbonyl (C=O) groups excluding carboxylic acids is 2. The number of aryl methyl sites for hydroxylation is 1. The molecule has 0 N–H and O–H groups in total. The van der Waals surface area contributed by atoms with Crippen molar-refractivity contribution in [1.29, 1.82) is 0 Å². The van der Waals surface area contributed by atoms with Crippen LogP contribution in [-0.4, -0.2) is 11.9 Å². The highest BCUT2D eigenvalue weighted by atomic mass is 16.5. The molecule has 0 spiro atoms. The molecule has 168 valence electrons. The van der Waals surface area contributed by atoms with Gasteiger partial charge in [-0.15, -0.1) is 0 Å². The van der Waals surface area contributed by atoms with Crippen LogP contribution in [0.2, 0.25) is 0 Å². The third-order valence-corrected chi connectivity index (χ3v) is 4.55. The number of furan rings is 1. The summed E-state index contributed by atoms with van der Waals surface area (Å²) >= 11 is 0. The van der Waals surface area contributed by atoms with Gasteiger partial charge in [-0.05, 0) is 80.9 Å². The molecule has 0 fully saturated rings. The first-order valence-electron chi connectivity index (χ1n) is 10.1. The first-order valence-corrected chi connectivity index (χ1v) is 10.1. The van der Waals surface area contributed by atoms with E-state index >= 15 is 0 Å². The quantitative estimate of drug-likeness (QED) is 0.174. The van der Waals surface area contributed by atoms with Crippen LogP contribution in [0.5, 0.6) is 11.5 Å². The maximum Gasteiger partial charge on any atom is 0.338 e. The van der Waals surface area contributed by atoms with Crippen LogP contribution in [0, 0.1) is 6.92 Å². The normalized spacial score (nSPS) is 10.6. The van der Waals surface area contributed by atoms with Crippen molar-refractivity contribution in [3.8, 4) is 34.1 Å². The molecule has 0 aliphatic carbocycles. The highest BCUT2D eigenvalue weighted by Crippen LogP contribution is 2.32. The van der Waals surface area contributed by atoms with Crippen molar-refractivity contribution in [3.63, 3.8) is 0 Å². The fourth-order valence-electron chi connectivity index (χ4n) is 2.80. The van der Waals surface area contributed by atoms with Gasteiger partial charge in [-0.2, -0.15) is 0 Å². The standard InChI is InChI=1S/C27H24O6/c1-17(2)26(28)31-15-14-30-22-10-11-23(19(5)16-22)25-13-12-24(33-25)20-6-8-21(9-7-20)32-27(29)18(3)4/h6-16H,1,3H2,2,4-5H3/b15-14-. The molecule has 6 heteroatoms. The molecule has 0 unspecified atom stereocenters. The molecule has 0 bridgehead atoms. The predicted octanol–water partition coefficient (Wildman–Crippen LogP) is 6.37. The van der Waals surface area contributed by atoms with Crippen molar-refractivity contribution < 1.29 is 28.2 Å². The minimum Gasteiger partial charge on any atom is -0.462 e. The molecule has 0 saturated heterocycles. The topological polar surface area (TPSA) is 75.0 Å². The predicted molar refractivity (Wildman–Crippen MR) is 125 cm³/mol. The maximum atomic E-state index is 11.6. The third kappa shape index (κ3) is 6.11. The van der Waals surface area contributed by atoms with Gasteiger partial charge in [-0.25, -0.2) is 9.59 Å². The summed E-state index contributed by atoms with van der Waals surface area (Å²) in [5.41, 5.74) is 3.35. The van der Waals surface area contributed by atoms with E-state index in [1.54, 1.807) is 32.0 Å². The Morgan fingerprint density at radius 2 is 1.45 bits per heavy atom. The Hall–Kier alpha value is -4.32. The van der Waals surface area contributed by atoms with Gasteiger partial charge < -0.3 is 18.6 Å². The van der Waals surface area contributed by atoms with E-state index in [9.17, 15) is 9.59 Å². The summed E-state index contributed by atoms with van der Waals surface area (Å²) < 4.78 is 21.6. The summed E-state index contributed by atoms with van der Waals surface area (Å²) in [5.74, 6) is 1.44. The number of rotatable bonds is 8. The Balaban J connectivity index is 1.68. The number of hydrogen-bond donors (Lipinski definition) is 0. The van der Waals surface area contributed by atoms with E-state index in [1.165, 1.54) is 12.5 Å². The van der Waals surface area contributed by atoms with Crippen molar-refractivity contribution in [2.75, 3.05) is 0 Å². The van der Waals surface area contributed by atoms with Crippen LogP contribution in [-0.2, 0) is 14.3 Å². The van der Waals surface area contributed by atoms with E-state index in [0.29, 0.717) is 34.2 Å². The van der Waals surface area contributed by atoms with Gasteiger partial charge in [0.2, 0.25) is 0 Å². The van der Waals surface area contributed by atoms with Crippen molar-refractivity contribution in [2.24, 2.45) is 0 Å². The van der Waals surface area contributed by atoms with E-state index in [1.807, 2.05) is 43.3 Å². The van der Waals surface area contributed by atoms with Crippen LogP contribution in [0.3, 0.4) is 0 Å². The SMILES string of the molecule is C=C(C)C(=O)O/C=C\Oc1ccc(-c2ccc(-c3ccc(OC(=O)C(=C)C)cc3)o2)c(C)c1. The first kappa shape index (κ1) is 23.3. The second-order valence-electron chi connectivity index (χ2n) is 7.41. The zero-order valence-corrected chi connectivity index (χ0v) is 18.7. The molecule has 33 heavy (non-hydrogen) atoms. The molecule has 6 nitrogen and oxygen atoms in total. The zero-order valence-electron chi connectivity index (χ0n) is 18.7. The summed E-state index contributed by atoms with van der Waals surface area (Å²) in [5, 5.41) is 0. The van der Waals surface area contributed by atoms with Gasteiger partial charge in [0, 0.05) is 22.3 Å². The van der Waals surface area contributed by atoms with Crippen LogP contribution in [0.4, 0.5) is 0 Å². The summed E-state index contributed by atoms with van der Waals surface area (Å²) in [7, 11) is 0. The summed E-state index contributed by atoms with van der Waals surface area (Å²) in [6.45, 7) is 12.2. The molecule has 0 aliphatic rings. The molecule has 0 aliphatic heterocycles. The lowest BCUT2D eigenvalue weighted by Crippen LogP contribution is -2.07. The molecule has 2 aromatic carbocycles. The molecule has 0 atom stereocenters. The minimum atomic E-state index is -0.516. The molecule has 1 aromatic heterocycles. The molecule has 0 radical (unpaired) electrons. The van der Waals surface area contributed by atoms with E-state index < -0.39 is 11.9 Å². The average molecular weight is 444 g/mol. The molecule has 3 rings (SSSR count). The number of carbonyl (C=O) groups is 2. The van der Waals surface area contributed by atoms with E-state index in [-0.39, 0.29) is 0 Å². The molecule has 3 aromatic rings. The van der Waals surface area contributed by atoms with E-state index in [2.05, 4.69) is 13.2 Å². The third-order valence-electron chi connectivity index (χ3n) is 4.55. The van der Waals surface area contributed by atoms with Gasteiger partial charge >= 0.3 is 11.9 Å². The van der Waals surface area contributed by atoms with Crippen LogP contribution in [0.15, 0.2) is 95.8 Å². The summed E-state index contributed by atoms with van der Waals surface area (Å²) in [6.07, 6.45) is 2.46. The molecular formula is C27H24O6. The fraction of sp³-hybridized carbons (Fsp3) is 0.111. The lowest BCUT2D eigenvalue weighted by Gasteiger charge is -2.07. The number of esters is 2. The first-order chi connectivity index (χ1) is 15.7. The van der Waals surface area contributed by atoms with E-state index in [4.69, 9.17) is 18.6 Å². The molecule has 1 heterocycles. The summed E-state index contributed by atoms with van der Waals surface area (Å²) in [6, 6.07) is 16.4. The summed E-state index contributed by atoms with van der Waals surface area (Å²) in [4.78, 5) is 23.0. The number of benzene rings is 2. The maximum absolute atomic E-state index is 11.6. The minimum absolute atomic E-state index is 0.305. The molecule has 0 amide bonds. The largest absolute Gasteiger partial charge is 0.462 e. The Morgan fingerprint density at radius 3 is 2.09 bits per heavy atom. The van der Waals surface area contributed by atoms with Gasteiger partial charge in [0.25, 0.3) is 0 Å². The highest BCUT2D eigenvalue weighted by molar-refractivity contribution is 5.89. The Morgan fingerprint density at radius 1 is 0.818 bits per heavy atom. The Kier molecular flexibility index (Phi) is 7.31. The molecule has 0 saturated carbocycles. The van der Waals surface area contributed by atoms with Crippen molar-refractivity contribution in [3.05, 3.63) is 97.0 Å². The van der Waals surface area contributed by atoms with Crippen LogP contribution < -0.4 is 9.47 Å². The van der Waals surface area contributed by atoms with Crippen LogP contribution in [0.25, 0.3) is 22.6 Å². The lowest BCUT2D eigenvalue weighted by molar-refractivity contribution is -0.133. The highest BCUT2D eigenvalue weighted by Gasteiger charge is 2.11. The molecular weight excluding hydrogens is 420 g/mol. The lowest BCUT2D eigenvalue weighted by atomic mass is 10.1. The monoisotopic (exact) mass is 444 g/mol. The van der Waals surface area contributed by atoms with Crippen LogP contribution in [0.1, 0.15) is 19.4 Å². The smallest absolute Gasteiger partial charge is 0.338 e. The van der Waals surface area contributed by atoms with Crippen molar-refractivity contribution >= 4 is 11.9 Å². The Bertz CT molecular complexity index is 1230. The van der Waals surface area contributed by atoms with Gasteiger partial charge in [0.1, 0.15) is 35.5 Å². The fourth-order valence-corrected chi connectivity index (χ4v) is 2.80. The van der Waals surface area contributed by atoms with Gasteiger partial charge in [-0.1, -0.05) is 13.2 Å². The average Bonchev–Trinajstić information content (AvgIpc) is 3.27. The van der Waals surface area contributed by atoms with Crippen molar-refractivity contribution in [1.82, 2.24) is 0 Å². The van der Waals surface area contributed by atoms with E-state index in [0.717, 1.165) is 16.7 Å². The number of hydrogen-bond acceptors (Lipinski definition) is 6. The van der Waals surface area contributed by atoms with Gasteiger partial charge in [0.15, 0.2) is 0 Å². The van der Waals surface area contributed by atoms with Gasteiger partial charge in [-0.3, -0.25) is 0 Å². The number of ether oxygens (including phenoxy) is 3. The second-order valence-corrected chi connectivity index (χ2v) is 7.41.